The van der Waals surface area contributed by atoms with Gasteiger partial charge in [0.05, 0.1) is 17.3 Å². The number of halogens is 3. The molecule has 0 radical (unpaired) electrons. The minimum Gasteiger partial charge on any atom is -0.365 e. The molecule has 11 heteroatoms. The quantitative estimate of drug-likeness (QED) is 0.497. The SMILES string of the molecule is C[C@H](Nc1ncc2c(-c3ccn4ncc(C(N)=O)c4c3)c[nH]c2n1)C(F)(F)F. The third kappa shape index (κ3) is 3.00. The fraction of sp³-hybridized carbons (Fsp3) is 0.176. The number of hydrogen-bond donors (Lipinski definition) is 3. The van der Waals surface area contributed by atoms with Gasteiger partial charge in [0.1, 0.15) is 11.7 Å². The van der Waals surface area contributed by atoms with Gasteiger partial charge < -0.3 is 16.0 Å². The number of nitrogens with two attached hydrogens (primary N) is 1. The van der Waals surface area contributed by atoms with Crippen LogP contribution in [0.5, 0.6) is 0 Å². The molecule has 0 spiro atoms. The van der Waals surface area contributed by atoms with Gasteiger partial charge in [-0.2, -0.15) is 23.3 Å². The van der Waals surface area contributed by atoms with E-state index in [0.717, 1.165) is 18.1 Å². The van der Waals surface area contributed by atoms with Crippen LogP contribution in [0.1, 0.15) is 17.3 Å². The second-order valence-corrected chi connectivity index (χ2v) is 6.23. The van der Waals surface area contributed by atoms with Gasteiger partial charge in [-0.3, -0.25) is 4.79 Å². The van der Waals surface area contributed by atoms with E-state index in [2.05, 4.69) is 25.4 Å². The Bertz CT molecular complexity index is 1190. The van der Waals surface area contributed by atoms with Crippen LogP contribution in [0.2, 0.25) is 0 Å². The third-order valence-corrected chi connectivity index (χ3v) is 4.37. The topological polar surface area (TPSA) is 114 Å². The molecule has 0 bridgehead atoms. The van der Waals surface area contributed by atoms with Crippen LogP contribution in [0, 0.1) is 0 Å². The lowest BCUT2D eigenvalue weighted by atomic mass is 10.1. The molecule has 4 aromatic rings. The number of rotatable bonds is 4. The van der Waals surface area contributed by atoms with Crippen LogP contribution in [-0.2, 0) is 0 Å². The zero-order valence-corrected chi connectivity index (χ0v) is 14.4. The number of fused-ring (bicyclic) bond motifs is 2. The fourth-order valence-electron chi connectivity index (χ4n) is 2.83. The minimum atomic E-state index is -4.40. The van der Waals surface area contributed by atoms with Crippen molar-refractivity contribution in [2.45, 2.75) is 19.1 Å². The molecule has 4 rings (SSSR count). The monoisotopic (exact) mass is 389 g/mol. The molecule has 0 aliphatic heterocycles. The number of nitrogens with one attached hydrogen (secondary N) is 2. The summed E-state index contributed by atoms with van der Waals surface area (Å²) in [5.74, 6) is -0.725. The largest absolute Gasteiger partial charge is 0.408 e. The maximum atomic E-state index is 12.7. The Morgan fingerprint density at radius 2 is 2.14 bits per heavy atom. The molecular formula is C17H14F3N7O. The highest BCUT2D eigenvalue weighted by molar-refractivity contribution is 6.01. The molecule has 144 valence electrons. The van der Waals surface area contributed by atoms with Crippen molar-refractivity contribution >= 4 is 28.4 Å². The maximum Gasteiger partial charge on any atom is 0.408 e. The van der Waals surface area contributed by atoms with Crippen molar-refractivity contribution in [3.63, 3.8) is 0 Å². The number of alkyl halides is 3. The summed E-state index contributed by atoms with van der Waals surface area (Å²) in [6.45, 7) is 0.991. The number of aromatic nitrogens is 5. The highest BCUT2D eigenvalue weighted by Gasteiger charge is 2.36. The van der Waals surface area contributed by atoms with E-state index in [0.29, 0.717) is 16.6 Å². The van der Waals surface area contributed by atoms with Crippen molar-refractivity contribution in [3.05, 3.63) is 42.5 Å². The summed E-state index contributed by atoms with van der Waals surface area (Å²) < 4.78 is 39.6. The van der Waals surface area contributed by atoms with Gasteiger partial charge in [0, 0.05) is 29.5 Å². The third-order valence-electron chi connectivity index (χ3n) is 4.37. The average molecular weight is 389 g/mol. The molecule has 0 aliphatic carbocycles. The highest BCUT2D eigenvalue weighted by Crippen LogP contribution is 2.30. The van der Waals surface area contributed by atoms with E-state index in [-0.39, 0.29) is 11.5 Å². The van der Waals surface area contributed by atoms with E-state index < -0.39 is 18.1 Å². The Balaban J connectivity index is 1.73. The Kier molecular flexibility index (Phi) is 3.95. The van der Waals surface area contributed by atoms with Crippen LogP contribution in [0.15, 0.2) is 36.9 Å². The predicted molar refractivity (Wildman–Crippen MR) is 95.7 cm³/mol. The maximum absolute atomic E-state index is 12.7. The van der Waals surface area contributed by atoms with Gasteiger partial charge >= 0.3 is 6.18 Å². The number of aromatic amines is 1. The molecule has 0 aromatic carbocycles. The first-order valence-electron chi connectivity index (χ1n) is 8.19. The number of carbonyl (C=O) groups is 1. The molecule has 1 amide bonds. The standard InChI is InChI=1S/C17H14F3N7O/c1-8(17(18,19)20)25-16-23-6-11-10(5-22-15(11)26-16)9-2-3-27-13(4-9)12(7-24-27)14(21)28/h2-8H,1H3,(H2,21,28)(H2,22,23,25,26)/t8-/m0/s1. The van der Waals surface area contributed by atoms with E-state index in [4.69, 9.17) is 5.73 Å². The highest BCUT2D eigenvalue weighted by atomic mass is 19.4. The minimum absolute atomic E-state index is 0.131. The Hall–Kier alpha value is -3.63. The van der Waals surface area contributed by atoms with E-state index in [9.17, 15) is 18.0 Å². The summed E-state index contributed by atoms with van der Waals surface area (Å²) >= 11 is 0. The van der Waals surface area contributed by atoms with Gasteiger partial charge in [0.2, 0.25) is 5.95 Å². The number of carbonyl (C=O) groups excluding carboxylic acids is 1. The first kappa shape index (κ1) is 17.8. The van der Waals surface area contributed by atoms with E-state index in [1.54, 1.807) is 24.5 Å². The van der Waals surface area contributed by atoms with Crippen molar-refractivity contribution in [1.82, 2.24) is 24.6 Å². The number of primary amides is 1. The van der Waals surface area contributed by atoms with Crippen molar-refractivity contribution in [3.8, 4) is 11.1 Å². The molecule has 4 N–H and O–H groups in total. The van der Waals surface area contributed by atoms with Crippen LogP contribution >= 0.6 is 0 Å². The smallest absolute Gasteiger partial charge is 0.365 e. The molecule has 0 aliphatic rings. The van der Waals surface area contributed by atoms with Crippen molar-refractivity contribution in [2.75, 3.05) is 5.32 Å². The first-order valence-corrected chi connectivity index (χ1v) is 8.19. The number of pyridine rings is 1. The lowest BCUT2D eigenvalue weighted by Crippen LogP contribution is -2.33. The van der Waals surface area contributed by atoms with E-state index >= 15 is 0 Å². The summed E-state index contributed by atoms with van der Waals surface area (Å²) in [6.07, 6.45) is 1.77. The average Bonchev–Trinajstić information content (AvgIpc) is 3.23. The molecule has 0 fully saturated rings. The molecule has 4 aromatic heterocycles. The zero-order chi connectivity index (χ0) is 20.1. The second-order valence-electron chi connectivity index (χ2n) is 6.23. The van der Waals surface area contributed by atoms with E-state index in [1.165, 1.54) is 16.9 Å². The first-order chi connectivity index (χ1) is 13.2. The summed E-state index contributed by atoms with van der Waals surface area (Å²) in [5, 5.41) is 6.92. The van der Waals surface area contributed by atoms with Gasteiger partial charge in [-0.05, 0) is 24.6 Å². The number of amides is 1. The van der Waals surface area contributed by atoms with Crippen LogP contribution < -0.4 is 11.1 Å². The Morgan fingerprint density at radius 1 is 1.36 bits per heavy atom. The van der Waals surface area contributed by atoms with Crippen molar-refractivity contribution < 1.29 is 18.0 Å². The van der Waals surface area contributed by atoms with Crippen LogP contribution in [0.3, 0.4) is 0 Å². The van der Waals surface area contributed by atoms with E-state index in [1.807, 2.05) is 0 Å². The molecule has 8 nitrogen and oxygen atoms in total. The van der Waals surface area contributed by atoms with Gasteiger partial charge in [-0.15, -0.1) is 0 Å². The zero-order valence-electron chi connectivity index (χ0n) is 14.4. The Morgan fingerprint density at radius 3 is 2.86 bits per heavy atom. The van der Waals surface area contributed by atoms with Crippen molar-refractivity contribution in [2.24, 2.45) is 5.73 Å². The summed E-state index contributed by atoms with van der Waals surface area (Å²) in [4.78, 5) is 22.6. The molecule has 28 heavy (non-hydrogen) atoms. The summed E-state index contributed by atoms with van der Waals surface area (Å²) in [6, 6.07) is 1.75. The molecule has 0 unspecified atom stereocenters. The van der Waals surface area contributed by atoms with Crippen molar-refractivity contribution in [1.29, 1.82) is 0 Å². The molecular weight excluding hydrogens is 375 g/mol. The van der Waals surface area contributed by atoms with Gasteiger partial charge in [0.15, 0.2) is 0 Å². The van der Waals surface area contributed by atoms with Gasteiger partial charge in [-0.25, -0.2) is 9.50 Å². The normalized spacial score (nSPS) is 13.1. The fourth-order valence-corrected chi connectivity index (χ4v) is 2.83. The van der Waals surface area contributed by atoms with Gasteiger partial charge in [-0.1, -0.05) is 0 Å². The number of nitrogens with zero attached hydrogens (tertiary/aromatic N) is 4. The Labute approximate surface area is 155 Å². The van der Waals surface area contributed by atoms with Crippen LogP contribution in [0.25, 0.3) is 27.7 Å². The summed E-state index contributed by atoms with van der Waals surface area (Å²) in [5.41, 5.74) is 8.04. The number of H-pyrrole nitrogens is 1. The van der Waals surface area contributed by atoms with Gasteiger partial charge in [0.25, 0.3) is 5.91 Å². The molecule has 0 saturated heterocycles. The van der Waals surface area contributed by atoms with Crippen LogP contribution in [-0.4, -0.2) is 42.7 Å². The lowest BCUT2D eigenvalue weighted by Gasteiger charge is -2.16. The molecule has 4 heterocycles. The molecule has 1 atom stereocenters. The number of anilines is 1. The lowest BCUT2D eigenvalue weighted by molar-refractivity contribution is -0.138. The number of hydrogen-bond acceptors (Lipinski definition) is 5. The predicted octanol–water partition coefficient (Wildman–Crippen LogP) is 2.73. The van der Waals surface area contributed by atoms with Crippen LogP contribution in [0.4, 0.5) is 19.1 Å². The second kappa shape index (κ2) is 6.22. The summed E-state index contributed by atoms with van der Waals surface area (Å²) in [7, 11) is 0. The molecule has 0 saturated carbocycles.